The van der Waals surface area contributed by atoms with E-state index in [1.165, 1.54) is 45.8 Å². The summed E-state index contributed by atoms with van der Waals surface area (Å²) in [5.41, 5.74) is 5.77. The topological polar surface area (TPSA) is 12.0 Å². The number of rotatable bonds is 3. The van der Waals surface area contributed by atoms with Crippen LogP contribution < -0.4 is 5.32 Å². The Morgan fingerprint density at radius 1 is 1.11 bits per heavy atom. The van der Waals surface area contributed by atoms with Crippen molar-refractivity contribution in [1.82, 2.24) is 0 Å². The van der Waals surface area contributed by atoms with Crippen LogP contribution in [0.2, 0.25) is 0 Å². The van der Waals surface area contributed by atoms with Gasteiger partial charge in [0, 0.05) is 21.5 Å². The Kier molecular flexibility index (Phi) is 3.36. The van der Waals surface area contributed by atoms with E-state index in [0.29, 0.717) is 6.04 Å². The molecule has 2 heteroatoms. The standard InChI is InChI=1S/C17H21NS/c1-11-9-17(13(3)19-11)12(2)18-16-8-7-14-5-4-6-15(14)10-16/h7-10,12,18H,4-6H2,1-3H3. The van der Waals surface area contributed by atoms with Crippen LogP contribution in [0.5, 0.6) is 0 Å². The second-order valence-corrected chi connectivity index (χ2v) is 7.03. The van der Waals surface area contributed by atoms with E-state index in [-0.39, 0.29) is 0 Å². The van der Waals surface area contributed by atoms with Gasteiger partial charge in [-0.05, 0) is 74.9 Å². The van der Waals surface area contributed by atoms with Crippen LogP contribution >= 0.6 is 11.3 Å². The van der Waals surface area contributed by atoms with E-state index in [2.05, 4.69) is 50.4 Å². The van der Waals surface area contributed by atoms with Gasteiger partial charge in [0.1, 0.15) is 0 Å². The molecule has 100 valence electrons. The summed E-state index contributed by atoms with van der Waals surface area (Å²) < 4.78 is 0. The van der Waals surface area contributed by atoms with Gasteiger partial charge in [0.25, 0.3) is 0 Å². The number of fused-ring (bicyclic) bond motifs is 1. The molecular formula is C17H21NS. The molecule has 0 saturated carbocycles. The van der Waals surface area contributed by atoms with Crippen molar-refractivity contribution in [3.05, 3.63) is 50.7 Å². The highest BCUT2D eigenvalue weighted by atomic mass is 32.1. The summed E-state index contributed by atoms with van der Waals surface area (Å²) >= 11 is 1.89. The van der Waals surface area contributed by atoms with Gasteiger partial charge in [0.05, 0.1) is 0 Å². The van der Waals surface area contributed by atoms with Gasteiger partial charge in [-0.3, -0.25) is 0 Å². The molecule has 0 saturated heterocycles. The molecule has 1 atom stereocenters. The maximum Gasteiger partial charge on any atom is 0.0496 e. The number of benzene rings is 1. The third-order valence-corrected chi connectivity index (χ3v) is 5.01. The molecule has 1 heterocycles. The van der Waals surface area contributed by atoms with Crippen molar-refractivity contribution < 1.29 is 0 Å². The highest BCUT2D eigenvalue weighted by Gasteiger charge is 2.14. The van der Waals surface area contributed by atoms with E-state index in [4.69, 9.17) is 0 Å². The van der Waals surface area contributed by atoms with Crippen LogP contribution in [-0.2, 0) is 12.8 Å². The molecule has 0 fully saturated rings. The zero-order valence-electron chi connectivity index (χ0n) is 11.9. The Balaban J connectivity index is 1.79. The zero-order chi connectivity index (χ0) is 13.4. The fourth-order valence-electron chi connectivity index (χ4n) is 3.07. The van der Waals surface area contributed by atoms with Crippen LogP contribution in [0.4, 0.5) is 5.69 Å². The molecule has 1 unspecified atom stereocenters. The Labute approximate surface area is 119 Å². The first kappa shape index (κ1) is 12.7. The molecule has 1 nitrogen and oxygen atoms in total. The monoisotopic (exact) mass is 271 g/mol. The molecule has 0 spiro atoms. The molecule has 0 amide bonds. The van der Waals surface area contributed by atoms with E-state index >= 15 is 0 Å². The Bertz CT molecular complexity index is 597. The summed E-state index contributed by atoms with van der Waals surface area (Å²) in [5, 5.41) is 3.65. The number of thiophene rings is 1. The van der Waals surface area contributed by atoms with Gasteiger partial charge in [0.2, 0.25) is 0 Å². The molecule has 19 heavy (non-hydrogen) atoms. The minimum Gasteiger partial charge on any atom is -0.378 e. The molecule has 1 N–H and O–H groups in total. The minimum absolute atomic E-state index is 0.379. The van der Waals surface area contributed by atoms with E-state index in [0.717, 1.165) is 0 Å². The Hall–Kier alpha value is -1.28. The van der Waals surface area contributed by atoms with E-state index in [1.807, 2.05) is 11.3 Å². The Morgan fingerprint density at radius 3 is 2.63 bits per heavy atom. The number of aryl methyl sites for hydroxylation is 4. The lowest BCUT2D eigenvalue weighted by molar-refractivity contribution is 0.880. The van der Waals surface area contributed by atoms with Crippen LogP contribution in [0.1, 0.15) is 45.8 Å². The highest BCUT2D eigenvalue weighted by molar-refractivity contribution is 7.12. The van der Waals surface area contributed by atoms with E-state index in [9.17, 15) is 0 Å². The highest BCUT2D eigenvalue weighted by Crippen LogP contribution is 2.30. The summed E-state index contributed by atoms with van der Waals surface area (Å²) in [4.78, 5) is 2.83. The number of hydrogen-bond acceptors (Lipinski definition) is 2. The molecule has 0 radical (unpaired) electrons. The summed E-state index contributed by atoms with van der Waals surface area (Å²) in [6, 6.07) is 9.56. The molecule has 3 rings (SSSR count). The summed E-state index contributed by atoms with van der Waals surface area (Å²) in [6.45, 7) is 6.65. The number of anilines is 1. The van der Waals surface area contributed by atoms with E-state index < -0.39 is 0 Å². The smallest absolute Gasteiger partial charge is 0.0496 e. The first-order chi connectivity index (χ1) is 9.13. The molecular weight excluding hydrogens is 250 g/mol. The third-order valence-electron chi connectivity index (χ3n) is 4.03. The van der Waals surface area contributed by atoms with Gasteiger partial charge in [-0.15, -0.1) is 11.3 Å². The maximum absolute atomic E-state index is 3.65. The summed E-state index contributed by atoms with van der Waals surface area (Å²) in [7, 11) is 0. The van der Waals surface area contributed by atoms with Crippen molar-refractivity contribution >= 4 is 17.0 Å². The van der Waals surface area contributed by atoms with Crippen molar-refractivity contribution in [2.45, 2.75) is 46.1 Å². The van der Waals surface area contributed by atoms with Gasteiger partial charge >= 0.3 is 0 Å². The molecule has 1 aliphatic carbocycles. The number of nitrogens with one attached hydrogen (secondary N) is 1. The largest absolute Gasteiger partial charge is 0.378 e. The van der Waals surface area contributed by atoms with Crippen LogP contribution in [0.15, 0.2) is 24.3 Å². The van der Waals surface area contributed by atoms with Crippen LogP contribution in [0.25, 0.3) is 0 Å². The second-order valence-electron chi connectivity index (χ2n) is 5.57. The molecule has 1 aliphatic rings. The fourth-order valence-corrected chi connectivity index (χ4v) is 4.09. The van der Waals surface area contributed by atoms with Crippen molar-refractivity contribution in [2.75, 3.05) is 5.32 Å². The quantitative estimate of drug-likeness (QED) is 0.826. The minimum atomic E-state index is 0.379. The predicted octanol–water partition coefficient (Wildman–Crippen LogP) is 5.03. The van der Waals surface area contributed by atoms with Crippen molar-refractivity contribution in [2.24, 2.45) is 0 Å². The molecule has 0 bridgehead atoms. The second kappa shape index (κ2) is 5.01. The summed E-state index contributed by atoms with van der Waals surface area (Å²) in [5.74, 6) is 0. The molecule has 0 aliphatic heterocycles. The zero-order valence-corrected chi connectivity index (χ0v) is 12.7. The fraction of sp³-hybridized carbons (Fsp3) is 0.412. The SMILES string of the molecule is Cc1cc(C(C)Nc2ccc3c(c2)CCC3)c(C)s1. The third kappa shape index (κ3) is 2.55. The van der Waals surface area contributed by atoms with Gasteiger partial charge < -0.3 is 5.32 Å². The maximum atomic E-state index is 3.65. The lowest BCUT2D eigenvalue weighted by Gasteiger charge is -2.16. The lowest BCUT2D eigenvalue weighted by Crippen LogP contribution is -2.07. The van der Waals surface area contributed by atoms with E-state index in [1.54, 1.807) is 5.56 Å². The van der Waals surface area contributed by atoms with Crippen molar-refractivity contribution in [1.29, 1.82) is 0 Å². The van der Waals surface area contributed by atoms with Crippen molar-refractivity contribution in [3.8, 4) is 0 Å². The van der Waals surface area contributed by atoms with Gasteiger partial charge in [-0.2, -0.15) is 0 Å². The average molecular weight is 271 g/mol. The first-order valence-electron chi connectivity index (χ1n) is 7.09. The van der Waals surface area contributed by atoms with Crippen LogP contribution in [0.3, 0.4) is 0 Å². The van der Waals surface area contributed by atoms with Crippen LogP contribution in [0, 0.1) is 13.8 Å². The van der Waals surface area contributed by atoms with Crippen LogP contribution in [-0.4, -0.2) is 0 Å². The lowest BCUT2D eigenvalue weighted by atomic mass is 10.1. The molecule has 1 aromatic carbocycles. The predicted molar refractivity (Wildman–Crippen MR) is 84.3 cm³/mol. The first-order valence-corrected chi connectivity index (χ1v) is 7.90. The molecule has 2 aromatic rings. The van der Waals surface area contributed by atoms with Gasteiger partial charge in [-0.1, -0.05) is 6.07 Å². The van der Waals surface area contributed by atoms with Crippen molar-refractivity contribution in [3.63, 3.8) is 0 Å². The Morgan fingerprint density at radius 2 is 1.89 bits per heavy atom. The normalized spacial score (nSPS) is 15.3. The van der Waals surface area contributed by atoms with Gasteiger partial charge in [-0.25, -0.2) is 0 Å². The molecule has 1 aromatic heterocycles. The summed E-state index contributed by atoms with van der Waals surface area (Å²) in [6.07, 6.45) is 3.82. The average Bonchev–Trinajstić information content (AvgIpc) is 2.94. The van der Waals surface area contributed by atoms with Gasteiger partial charge in [0.15, 0.2) is 0 Å². The number of hydrogen-bond donors (Lipinski definition) is 1.